The summed E-state index contributed by atoms with van der Waals surface area (Å²) in [4.78, 5) is 13.9. The van der Waals surface area contributed by atoms with Crippen LogP contribution in [0.3, 0.4) is 0 Å². The lowest BCUT2D eigenvalue weighted by molar-refractivity contribution is 0.0723. The first kappa shape index (κ1) is 12.1. The fourth-order valence-corrected chi connectivity index (χ4v) is 2.41. The molecule has 0 aromatic carbocycles. The van der Waals surface area contributed by atoms with Crippen molar-refractivity contribution in [3.8, 4) is 0 Å². The first-order valence-electron chi connectivity index (χ1n) is 5.99. The number of hydrogen-bond acceptors (Lipinski definition) is 3. The molecule has 94 valence electrons. The molecule has 1 aromatic rings. The highest BCUT2D eigenvalue weighted by atomic mass is 16.2. The normalized spacial score (nSPS) is 23.3. The highest BCUT2D eigenvalue weighted by Crippen LogP contribution is 2.26. The summed E-state index contributed by atoms with van der Waals surface area (Å²) in [6, 6.07) is 2.16. The van der Waals surface area contributed by atoms with Crippen LogP contribution in [0.2, 0.25) is 0 Å². The Morgan fingerprint density at radius 1 is 1.65 bits per heavy atom. The van der Waals surface area contributed by atoms with Crippen molar-refractivity contribution >= 4 is 5.91 Å². The van der Waals surface area contributed by atoms with Crippen LogP contribution in [0, 0.1) is 12.8 Å². The van der Waals surface area contributed by atoms with Gasteiger partial charge in [0.1, 0.15) is 5.69 Å². The average Bonchev–Trinajstić information content (AvgIpc) is 2.54. The van der Waals surface area contributed by atoms with Gasteiger partial charge in [-0.05, 0) is 31.7 Å². The van der Waals surface area contributed by atoms with Crippen LogP contribution in [0.1, 0.15) is 29.0 Å². The largest absolute Gasteiger partial charge is 0.340 e. The Hall–Kier alpha value is -1.36. The summed E-state index contributed by atoms with van der Waals surface area (Å²) in [6.45, 7) is 2.68. The molecule has 1 fully saturated rings. The molecule has 1 aliphatic rings. The van der Waals surface area contributed by atoms with Crippen LogP contribution in [0.5, 0.6) is 0 Å². The van der Waals surface area contributed by atoms with Gasteiger partial charge in [0.05, 0.1) is 5.69 Å². The van der Waals surface area contributed by atoms with E-state index in [-0.39, 0.29) is 5.91 Å². The number of carbonyl (C=O) groups is 1. The van der Waals surface area contributed by atoms with Crippen molar-refractivity contribution in [2.45, 2.75) is 25.8 Å². The highest BCUT2D eigenvalue weighted by molar-refractivity contribution is 5.92. The molecule has 1 aliphatic carbocycles. The molecule has 0 saturated heterocycles. The quantitative estimate of drug-likeness (QED) is 0.833. The maximum absolute atomic E-state index is 12.2. The minimum Gasteiger partial charge on any atom is -0.340 e. The predicted octanol–water partition coefficient (Wildman–Crippen LogP) is 0.538. The fourth-order valence-electron chi connectivity index (χ4n) is 2.41. The number of aromatic nitrogens is 2. The Bertz CT molecular complexity index is 420. The average molecular weight is 236 g/mol. The van der Waals surface area contributed by atoms with E-state index in [0.717, 1.165) is 25.1 Å². The van der Waals surface area contributed by atoms with Crippen molar-refractivity contribution in [1.29, 1.82) is 0 Å². The second-order valence-corrected chi connectivity index (χ2v) is 5.08. The third kappa shape index (κ3) is 2.49. The summed E-state index contributed by atoms with van der Waals surface area (Å²) in [5, 5.41) is 4.19. The van der Waals surface area contributed by atoms with E-state index in [2.05, 4.69) is 5.10 Å². The van der Waals surface area contributed by atoms with E-state index in [9.17, 15) is 4.79 Å². The van der Waals surface area contributed by atoms with Gasteiger partial charge in [-0.15, -0.1) is 0 Å². The van der Waals surface area contributed by atoms with Crippen molar-refractivity contribution in [2.75, 3.05) is 13.6 Å². The Morgan fingerprint density at radius 3 is 2.76 bits per heavy atom. The van der Waals surface area contributed by atoms with Crippen LogP contribution in [0.25, 0.3) is 0 Å². The second kappa shape index (κ2) is 4.49. The summed E-state index contributed by atoms with van der Waals surface area (Å²) in [5.41, 5.74) is 7.26. The summed E-state index contributed by atoms with van der Waals surface area (Å²) >= 11 is 0. The predicted molar refractivity (Wildman–Crippen MR) is 65.6 cm³/mol. The zero-order valence-corrected chi connectivity index (χ0v) is 10.7. The van der Waals surface area contributed by atoms with Gasteiger partial charge in [0, 0.05) is 26.7 Å². The third-order valence-corrected chi connectivity index (χ3v) is 3.37. The van der Waals surface area contributed by atoms with Crippen molar-refractivity contribution in [1.82, 2.24) is 14.7 Å². The lowest BCUT2D eigenvalue weighted by atomic mass is 9.80. The number of hydrogen-bond donors (Lipinski definition) is 1. The summed E-state index contributed by atoms with van der Waals surface area (Å²) in [7, 11) is 3.64. The number of aryl methyl sites for hydroxylation is 2. The number of nitrogens with two attached hydrogens (primary N) is 1. The van der Waals surface area contributed by atoms with E-state index in [4.69, 9.17) is 5.73 Å². The van der Waals surface area contributed by atoms with Crippen LogP contribution in [0.15, 0.2) is 6.07 Å². The summed E-state index contributed by atoms with van der Waals surface area (Å²) < 4.78 is 1.64. The lowest BCUT2D eigenvalue weighted by Crippen LogP contribution is -2.43. The van der Waals surface area contributed by atoms with Gasteiger partial charge < -0.3 is 10.6 Å². The zero-order valence-electron chi connectivity index (χ0n) is 10.7. The first-order valence-corrected chi connectivity index (χ1v) is 5.99. The SMILES string of the molecule is Cc1cc(C(=O)N(C)CC2CC(N)C2)n(C)n1. The maximum atomic E-state index is 12.2. The molecule has 2 rings (SSSR count). The van der Waals surface area contributed by atoms with Crippen LogP contribution < -0.4 is 5.73 Å². The van der Waals surface area contributed by atoms with E-state index in [1.54, 1.807) is 16.6 Å². The Kier molecular flexibility index (Phi) is 3.19. The van der Waals surface area contributed by atoms with Crippen molar-refractivity contribution < 1.29 is 4.79 Å². The van der Waals surface area contributed by atoms with Gasteiger partial charge in [-0.3, -0.25) is 9.48 Å². The number of nitrogens with zero attached hydrogens (tertiary/aromatic N) is 3. The first-order chi connectivity index (χ1) is 7.97. The molecule has 1 saturated carbocycles. The smallest absolute Gasteiger partial charge is 0.271 e. The second-order valence-electron chi connectivity index (χ2n) is 5.08. The molecule has 0 spiro atoms. The molecule has 1 heterocycles. The number of amides is 1. The topological polar surface area (TPSA) is 64.2 Å². The van der Waals surface area contributed by atoms with E-state index in [1.165, 1.54) is 0 Å². The molecule has 0 aliphatic heterocycles. The van der Waals surface area contributed by atoms with Crippen molar-refractivity contribution in [2.24, 2.45) is 18.7 Å². The van der Waals surface area contributed by atoms with E-state index < -0.39 is 0 Å². The van der Waals surface area contributed by atoms with Gasteiger partial charge >= 0.3 is 0 Å². The van der Waals surface area contributed by atoms with Crippen molar-refractivity contribution in [3.05, 3.63) is 17.5 Å². The molecule has 2 N–H and O–H groups in total. The molecule has 0 bridgehead atoms. The van der Waals surface area contributed by atoms with Gasteiger partial charge in [0.2, 0.25) is 0 Å². The lowest BCUT2D eigenvalue weighted by Gasteiger charge is -2.35. The minimum atomic E-state index is 0.0357. The Balaban J connectivity index is 1.97. The van der Waals surface area contributed by atoms with Gasteiger partial charge in [0.25, 0.3) is 5.91 Å². The van der Waals surface area contributed by atoms with Crippen LogP contribution in [0.4, 0.5) is 0 Å². The molecule has 1 aromatic heterocycles. The minimum absolute atomic E-state index is 0.0357. The summed E-state index contributed by atoms with van der Waals surface area (Å²) in [6.07, 6.45) is 2.06. The van der Waals surface area contributed by atoms with Gasteiger partial charge in [0.15, 0.2) is 0 Å². The molecule has 0 unspecified atom stereocenters. The zero-order chi connectivity index (χ0) is 12.6. The standard InChI is InChI=1S/C12H20N4O/c1-8-4-11(16(3)14-8)12(17)15(2)7-9-5-10(13)6-9/h4,9-10H,5-7,13H2,1-3H3. The van der Waals surface area contributed by atoms with E-state index in [1.807, 2.05) is 20.0 Å². The molecule has 5 nitrogen and oxygen atoms in total. The van der Waals surface area contributed by atoms with Crippen LogP contribution >= 0.6 is 0 Å². The molecule has 1 amide bonds. The molecule has 0 radical (unpaired) electrons. The van der Waals surface area contributed by atoms with Gasteiger partial charge in [-0.2, -0.15) is 5.10 Å². The monoisotopic (exact) mass is 236 g/mol. The highest BCUT2D eigenvalue weighted by Gasteiger charge is 2.28. The van der Waals surface area contributed by atoms with Gasteiger partial charge in [-0.25, -0.2) is 0 Å². The van der Waals surface area contributed by atoms with Gasteiger partial charge in [-0.1, -0.05) is 0 Å². The number of rotatable bonds is 3. The molecule has 0 atom stereocenters. The van der Waals surface area contributed by atoms with Crippen LogP contribution in [-0.4, -0.2) is 40.2 Å². The van der Waals surface area contributed by atoms with E-state index in [0.29, 0.717) is 17.7 Å². The third-order valence-electron chi connectivity index (χ3n) is 3.37. The molecule has 17 heavy (non-hydrogen) atoms. The molecular formula is C12H20N4O. The van der Waals surface area contributed by atoms with Crippen molar-refractivity contribution in [3.63, 3.8) is 0 Å². The number of carbonyl (C=O) groups excluding carboxylic acids is 1. The summed E-state index contributed by atoms with van der Waals surface area (Å²) in [5.74, 6) is 0.599. The maximum Gasteiger partial charge on any atom is 0.271 e. The Labute approximate surface area is 102 Å². The van der Waals surface area contributed by atoms with E-state index >= 15 is 0 Å². The van der Waals surface area contributed by atoms with Crippen LogP contribution in [-0.2, 0) is 7.05 Å². The molecule has 5 heteroatoms. The molecular weight excluding hydrogens is 216 g/mol. The fraction of sp³-hybridized carbons (Fsp3) is 0.667. The Morgan fingerprint density at radius 2 is 2.29 bits per heavy atom.